The third-order valence-corrected chi connectivity index (χ3v) is 6.58. The number of amides is 2. The lowest BCUT2D eigenvalue weighted by Gasteiger charge is -2.39. The number of halogens is 1. The van der Waals surface area contributed by atoms with Crippen LogP contribution in [0.25, 0.3) is 0 Å². The minimum Gasteiger partial charge on any atom is -0.469 e. The van der Waals surface area contributed by atoms with Gasteiger partial charge in [-0.3, -0.25) is 24.1 Å². The number of piperidine rings is 2. The summed E-state index contributed by atoms with van der Waals surface area (Å²) in [6.07, 6.45) is 1.38. The van der Waals surface area contributed by atoms with Gasteiger partial charge in [-0.15, -0.1) is 0 Å². The summed E-state index contributed by atoms with van der Waals surface area (Å²) in [5, 5.41) is 2.92. The van der Waals surface area contributed by atoms with Crippen molar-refractivity contribution in [2.24, 2.45) is 5.92 Å². The Bertz CT molecular complexity index is 946. The monoisotopic (exact) mass is 483 g/mol. The Morgan fingerprint density at radius 1 is 1.21 bits per heavy atom. The molecule has 11 nitrogen and oxygen atoms in total. The molecule has 4 N–H and O–H groups in total. The quantitative estimate of drug-likeness (QED) is 0.473. The molecule has 0 unspecified atom stereocenters. The largest absolute Gasteiger partial charge is 0.469 e. The third-order valence-electron chi connectivity index (χ3n) is 6.27. The van der Waals surface area contributed by atoms with Crippen LogP contribution in [0.4, 0.5) is 5.82 Å². The molecule has 3 rings (SSSR count). The Hall–Kier alpha value is -2.63. The highest BCUT2D eigenvalue weighted by Crippen LogP contribution is 2.20. The van der Waals surface area contributed by atoms with E-state index in [1.165, 1.54) is 13.2 Å². The van der Waals surface area contributed by atoms with Gasteiger partial charge in [0.2, 0.25) is 5.91 Å². The van der Waals surface area contributed by atoms with Crippen LogP contribution in [0.2, 0.25) is 5.02 Å². The maximum atomic E-state index is 12.7. The molecule has 12 heteroatoms. The van der Waals surface area contributed by atoms with E-state index in [4.69, 9.17) is 26.8 Å². The lowest BCUT2D eigenvalue weighted by Crippen LogP contribution is -2.57. The average molecular weight is 484 g/mol. The van der Waals surface area contributed by atoms with Crippen molar-refractivity contribution >= 4 is 35.2 Å². The van der Waals surface area contributed by atoms with E-state index in [9.17, 15) is 19.2 Å². The van der Waals surface area contributed by atoms with Crippen molar-refractivity contribution in [1.29, 1.82) is 0 Å². The summed E-state index contributed by atoms with van der Waals surface area (Å²) in [4.78, 5) is 55.2. The number of aromatic nitrogens is 1. The molecule has 2 saturated heterocycles. The molecule has 182 valence electrons. The summed E-state index contributed by atoms with van der Waals surface area (Å²) < 4.78 is 10.3. The van der Waals surface area contributed by atoms with Crippen LogP contribution < -0.4 is 16.6 Å². The molecule has 2 aliphatic heterocycles. The molecule has 33 heavy (non-hydrogen) atoms. The molecule has 2 aliphatic rings. The van der Waals surface area contributed by atoms with Crippen molar-refractivity contribution in [1.82, 2.24) is 20.1 Å². The number of aromatic amines is 1. The number of ether oxygens (including phenoxy) is 2. The van der Waals surface area contributed by atoms with Gasteiger partial charge in [0, 0.05) is 33.3 Å². The molecule has 0 spiro atoms. The molecular weight excluding hydrogens is 454 g/mol. The second kappa shape index (κ2) is 11.0. The van der Waals surface area contributed by atoms with E-state index in [1.54, 1.807) is 12.0 Å². The van der Waals surface area contributed by atoms with Crippen LogP contribution in [0.3, 0.4) is 0 Å². The number of pyridine rings is 1. The summed E-state index contributed by atoms with van der Waals surface area (Å²) in [6, 6.07) is 0.907. The number of H-pyrrole nitrogens is 1. The minimum atomic E-state index is -0.623. The number of rotatable bonds is 6. The fourth-order valence-electron chi connectivity index (χ4n) is 4.28. The SMILES string of the molecule is COC(=O)C1CCN(C(=O)CN2CC[C@H](NC(=O)c3cc(Cl)c(N)[nH]c3=O)[C@H](OC)C2)CC1. The number of nitrogens with zero attached hydrogens (tertiary/aromatic N) is 2. The number of nitrogen functional groups attached to an aromatic ring is 1. The number of nitrogens with two attached hydrogens (primary N) is 1. The molecule has 0 aromatic carbocycles. The Kier molecular flexibility index (Phi) is 8.33. The van der Waals surface area contributed by atoms with Crippen LogP contribution in [-0.2, 0) is 19.1 Å². The first-order valence-corrected chi connectivity index (χ1v) is 11.2. The number of hydrogen-bond acceptors (Lipinski definition) is 8. The number of carbonyl (C=O) groups is 3. The molecule has 0 saturated carbocycles. The molecule has 1 aromatic heterocycles. The van der Waals surface area contributed by atoms with Crippen LogP contribution in [0.15, 0.2) is 10.9 Å². The third kappa shape index (κ3) is 6.04. The number of hydrogen-bond donors (Lipinski definition) is 3. The van der Waals surface area contributed by atoms with Crippen LogP contribution in [0.1, 0.15) is 29.6 Å². The Balaban J connectivity index is 1.53. The summed E-state index contributed by atoms with van der Waals surface area (Å²) in [5.74, 6) is -0.945. The van der Waals surface area contributed by atoms with Gasteiger partial charge in [0.1, 0.15) is 11.4 Å². The van der Waals surface area contributed by atoms with E-state index >= 15 is 0 Å². The molecule has 0 bridgehead atoms. The van der Waals surface area contributed by atoms with Crippen LogP contribution >= 0.6 is 11.6 Å². The number of anilines is 1. The number of methoxy groups -OCH3 is 2. The van der Waals surface area contributed by atoms with Crippen LogP contribution in [0.5, 0.6) is 0 Å². The molecule has 3 heterocycles. The van der Waals surface area contributed by atoms with Gasteiger partial charge in [0.15, 0.2) is 0 Å². The topological polar surface area (TPSA) is 147 Å². The van der Waals surface area contributed by atoms with Gasteiger partial charge >= 0.3 is 5.97 Å². The predicted octanol–water partition coefficient (Wildman–Crippen LogP) is -0.159. The van der Waals surface area contributed by atoms with Gasteiger partial charge in [-0.2, -0.15) is 0 Å². The van der Waals surface area contributed by atoms with Crippen molar-refractivity contribution in [2.75, 3.05) is 52.7 Å². The van der Waals surface area contributed by atoms with Gasteiger partial charge in [0.25, 0.3) is 11.5 Å². The average Bonchev–Trinajstić information content (AvgIpc) is 2.81. The molecule has 0 aliphatic carbocycles. The van der Waals surface area contributed by atoms with Crippen molar-refractivity contribution in [3.8, 4) is 0 Å². The van der Waals surface area contributed by atoms with Crippen molar-refractivity contribution in [3.63, 3.8) is 0 Å². The smallest absolute Gasteiger partial charge is 0.308 e. The predicted molar refractivity (Wildman–Crippen MR) is 121 cm³/mol. The Morgan fingerprint density at radius 2 is 1.91 bits per heavy atom. The van der Waals surface area contributed by atoms with Gasteiger partial charge in [-0.1, -0.05) is 11.6 Å². The second-order valence-corrected chi connectivity index (χ2v) is 8.74. The maximum absolute atomic E-state index is 12.7. The minimum absolute atomic E-state index is 0.000447. The number of nitrogens with one attached hydrogen (secondary N) is 2. The highest BCUT2D eigenvalue weighted by atomic mass is 35.5. The highest BCUT2D eigenvalue weighted by Gasteiger charge is 2.34. The van der Waals surface area contributed by atoms with Crippen molar-refractivity contribution in [2.45, 2.75) is 31.4 Å². The maximum Gasteiger partial charge on any atom is 0.308 e. The van der Waals surface area contributed by atoms with E-state index in [0.29, 0.717) is 45.4 Å². The molecule has 2 atom stereocenters. The standard InChI is InChI=1S/C21H30ClN5O6/c1-32-16-10-26(11-17(28)27-7-3-12(4-8-27)21(31)33-2)6-5-15(16)24-19(29)13-9-14(22)18(23)25-20(13)30/h9,12,15-16H,3-8,10-11H2,1-2H3,(H,24,29)(H3,23,25,30)/t15-,16+/m0/s1. The summed E-state index contributed by atoms with van der Waals surface area (Å²) in [6.45, 7) is 2.31. The van der Waals surface area contributed by atoms with E-state index in [-0.39, 0.29) is 52.9 Å². The lowest BCUT2D eigenvalue weighted by molar-refractivity contribution is -0.149. The molecule has 2 amide bonds. The number of esters is 1. The summed E-state index contributed by atoms with van der Waals surface area (Å²) in [7, 11) is 2.92. The zero-order chi connectivity index (χ0) is 24.1. The van der Waals surface area contributed by atoms with E-state index in [2.05, 4.69) is 10.3 Å². The fraction of sp³-hybridized carbons (Fsp3) is 0.619. The first kappa shape index (κ1) is 25.0. The van der Waals surface area contributed by atoms with Gasteiger partial charge in [-0.05, 0) is 25.3 Å². The van der Waals surface area contributed by atoms with Gasteiger partial charge in [-0.25, -0.2) is 0 Å². The zero-order valence-electron chi connectivity index (χ0n) is 18.8. The van der Waals surface area contributed by atoms with Crippen LogP contribution in [-0.4, -0.2) is 91.7 Å². The van der Waals surface area contributed by atoms with E-state index < -0.39 is 11.5 Å². The second-order valence-electron chi connectivity index (χ2n) is 8.33. The molecule has 1 aromatic rings. The Morgan fingerprint density at radius 3 is 2.55 bits per heavy atom. The van der Waals surface area contributed by atoms with Crippen LogP contribution in [0, 0.1) is 5.92 Å². The van der Waals surface area contributed by atoms with Gasteiger partial charge in [0.05, 0.1) is 36.7 Å². The zero-order valence-corrected chi connectivity index (χ0v) is 19.5. The number of carbonyl (C=O) groups excluding carboxylic acids is 3. The van der Waals surface area contributed by atoms with E-state index in [0.717, 1.165) is 0 Å². The summed E-state index contributed by atoms with van der Waals surface area (Å²) >= 11 is 5.93. The molecular formula is C21H30ClN5O6. The van der Waals surface area contributed by atoms with Crippen molar-refractivity contribution in [3.05, 3.63) is 27.0 Å². The molecule has 2 fully saturated rings. The van der Waals surface area contributed by atoms with Gasteiger partial charge < -0.3 is 30.4 Å². The normalized spacial score (nSPS) is 22.1. The fourth-order valence-corrected chi connectivity index (χ4v) is 4.44. The van der Waals surface area contributed by atoms with Crippen molar-refractivity contribution < 1.29 is 23.9 Å². The molecule has 0 radical (unpaired) electrons. The van der Waals surface area contributed by atoms with E-state index in [1.807, 2.05) is 4.90 Å². The summed E-state index contributed by atoms with van der Waals surface area (Å²) in [5.41, 5.74) is 4.81. The number of likely N-dealkylation sites (tertiary alicyclic amines) is 2. The highest BCUT2D eigenvalue weighted by molar-refractivity contribution is 6.33. The Labute approximate surface area is 196 Å². The first-order valence-electron chi connectivity index (χ1n) is 10.8. The first-order chi connectivity index (χ1) is 15.7. The lowest BCUT2D eigenvalue weighted by atomic mass is 9.97.